The molecule has 9 N–H and O–H groups in total. The molecule has 0 spiro atoms. The molecule has 0 amide bonds. The smallest absolute Gasteiger partial charge is 0.336 e. The van der Waals surface area contributed by atoms with E-state index in [1.165, 1.54) is 5.57 Å². The van der Waals surface area contributed by atoms with Crippen LogP contribution in [0.4, 0.5) is 5.69 Å². The van der Waals surface area contributed by atoms with Crippen LogP contribution in [0, 0.1) is 63.1 Å². The van der Waals surface area contributed by atoms with Gasteiger partial charge in [0, 0.05) is 40.5 Å². The van der Waals surface area contributed by atoms with Crippen molar-refractivity contribution in [3.8, 4) is 5.69 Å². The van der Waals surface area contributed by atoms with E-state index in [-0.39, 0.29) is 77.5 Å². The minimum absolute atomic E-state index is 0.000420. The molecule has 0 radical (unpaired) electrons. The second-order valence-corrected chi connectivity index (χ2v) is 27.9. The predicted molar refractivity (Wildman–Crippen MR) is 317 cm³/mol. The van der Waals surface area contributed by atoms with Gasteiger partial charge in [-0.25, -0.2) is 14.3 Å². The Labute approximate surface area is 489 Å². The van der Waals surface area contributed by atoms with Gasteiger partial charge < -0.3 is 40.9 Å². The highest BCUT2D eigenvalue weighted by atomic mass is 32.2. The number of ketones is 3. The first kappa shape index (κ1) is 61.6. The van der Waals surface area contributed by atoms with E-state index >= 15 is 0 Å². The number of fused-ring (bicyclic) bond motifs is 11. The maximum atomic E-state index is 12.8. The van der Waals surface area contributed by atoms with E-state index < -0.39 is 57.5 Å². The molecule has 6 fully saturated rings. The zero-order valence-electron chi connectivity index (χ0n) is 48.3. The van der Waals surface area contributed by atoms with Crippen molar-refractivity contribution in [1.82, 2.24) is 9.78 Å². The maximum Gasteiger partial charge on any atom is 0.336 e. The molecule has 0 bridgehead atoms. The van der Waals surface area contributed by atoms with Crippen molar-refractivity contribution >= 4 is 70.9 Å². The molecule has 6 saturated carbocycles. The summed E-state index contributed by atoms with van der Waals surface area (Å²) in [5.41, 5.74) is 4.10. The number of hydrogen-bond donors (Lipinski definition) is 8. The molecule has 0 saturated heterocycles. The van der Waals surface area contributed by atoms with Gasteiger partial charge in [-0.1, -0.05) is 63.1 Å². The fraction of sp³-hybridized carbons (Fsp3) is 0.609. The van der Waals surface area contributed by atoms with Gasteiger partial charge in [-0.2, -0.15) is 28.6 Å². The number of carboxylic acid groups (broad SMARTS) is 2. The van der Waals surface area contributed by atoms with Crippen LogP contribution >= 0.6 is 23.5 Å². The van der Waals surface area contributed by atoms with Gasteiger partial charge in [-0.15, -0.1) is 0 Å². The van der Waals surface area contributed by atoms with Gasteiger partial charge in [0.1, 0.15) is 6.29 Å². The number of nitrogens with two attached hydrogens (primary N) is 1. The second kappa shape index (κ2) is 23.8. The van der Waals surface area contributed by atoms with Gasteiger partial charge in [0.15, 0.2) is 28.6 Å². The average molecular weight is 1170 g/mol. The Morgan fingerprint density at radius 1 is 0.732 bits per heavy atom. The lowest BCUT2D eigenvalue weighted by molar-refractivity contribution is -0.195. The summed E-state index contributed by atoms with van der Waals surface area (Å²) in [5, 5.41) is 69.3. The van der Waals surface area contributed by atoms with Crippen LogP contribution < -0.4 is 11.3 Å². The number of nitrogens with one attached hydrogen (secondary N) is 1. The highest BCUT2D eigenvalue weighted by Crippen LogP contribution is 2.69. The molecule has 82 heavy (non-hydrogen) atoms. The predicted octanol–water partition coefficient (Wildman–Crippen LogP) is 9.19. The Kier molecular flexibility index (Phi) is 17.9. The number of benzene rings is 2. The van der Waals surface area contributed by atoms with Gasteiger partial charge in [0.2, 0.25) is 0 Å². The molecule has 16 nitrogen and oxygen atoms in total. The van der Waals surface area contributed by atoms with Crippen molar-refractivity contribution in [2.24, 2.45) is 68.9 Å². The third-order valence-corrected chi connectivity index (χ3v) is 23.3. The first-order valence-corrected chi connectivity index (χ1v) is 32.2. The molecular formula is C64H84N4O12S2. The monoisotopic (exact) mass is 1160 g/mol. The first-order chi connectivity index (χ1) is 38.9. The molecule has 8 aliphatic rings. The van der Waals surface area contributed by atoms with Crippen molar-refractivity contribution in [3.05, 3.63) is 94.3 Å². The number of hydrazine groups is 1. The summed E-state index contributed by atoms with van der Waals surface area (Å²) in [6.45, 7) is 8.00. The fourth-order valence-corrected chi connectivity index (χ4v) is 18.5. The summed E-state index contributed by atoms with van der Waals surface area (Å²) in [7, 11) is 0. The molecule has 1 heterocycles. The van der Waals surface area contributed by atoms with Crippen LogP contribution in [0.5, 0.6) is 0 Å². The number of carboxylic acids is 2. The van der Waals surface area contributed by atoms with Crippen molar-refractivity contribution in [3.63, 3.8) is 0 Å². The summed E-state index contributed by atoms with van der Waals surface area (Å²) < 4.78 is 1.94. The summed E-state index contributed by atoms with van der Waals surface area (Å²) in [6, 6.07) is 15.0. The van der Waals surface area contributed by atoms with E-state index in [9.17, 15) is 59.4 Å². The number of aromatic nitrogens is 2. The van der Waals surface area contributed by atoms with Crippen LogP contribution in [0.1, 0.15) is 156 Å². The van der Waals surface area contributed by atoms with E-state index in [2.05, 4.69) is 24.7 Å². The summed E-state index contributed by atoms with van der Waals surface area (Å²) in [4.78, 5) is 72.1. The SMILES string of the molecule is CSCCCC(=O)c1cccc(-n2ncc3c2C=C2CC[C@@H]4[C@H]([C@@H](O)C[C@@]5(C)[C@H]4CC[C@]5(O)C(=O)O)[C@@]2(C)C3)c1.CSCCCC(=O)c1cccc(NN)c1.C[C@]12CC(C=O)C(=O)C=C1CC[C@@H]1[C@@H]2[C@@H](O)C[C@@]2(C)[C@H]1CC[C@]2(O)C(=O)O. The van der Waals surface area contributed by atoms with Crippen molar-refractivity contribution in [2.75, 3.05) is 29.4 Å². The number of nitrogen functional groups attached to an aromatic ring is 1. The molecule has 444 valence electrons. The topological polar surface area (TPSA) is 280 Å². The number of anilines is 1. The summed E-state index contributed by atoms with van der Waals surface area (Å²) >= 11 is 3.52. The minimum atomic E-state index is -1.81. The quantitative estimate of drug-likeness (QED) is 0.0176. The Morgan fingerprint density at radius 3 is 1.76 bits per heavy atom. The molecule has 2 aromatic carbocycles. The Morgan fingerprint density at radius 2 is 1.24 bits per heavy atom. The molecule has 8 aliphatic carbocycles. The van der Waals surface area contributed by atoms with Crippen LogP contribution in [0.2, 0.25) is 0 Å². The number of aldehydes is 1. The van der Waals surface area contributed by atoms with Crippen molar-refractivity contribution in [1.29, 1.82) is 0 Å². The number of allylic oxidation sites excluding steroid dienone is 2. The second-order valence-electron chi connectivity index (χ2n) is 25.9. The molecule has 1 unspecified atom stereocenters. The first-order valence-electron chi connectivity index (χ1n) is 29.4. The number of hydrogen-bond acceptors (Lipinski definition) is 15. The number of aliphatic carboxylic acids is 2. The molecule has 3 aromatic rings. The van der Waals surface area contributed by atoms with E-state index in [0.29, 0.717) is 50.4 Å². The molecule has 18 heteroatoms. The lowest BCUT2D eigenvalue weighted by atomic mass is 9.45. The number of thioether (sulfide) groups is 2. The number of Topliss-reactive ketones (excluding diaryl/α,β-unsaturated/α-hetero) is 2. The number of aliphatic hydroxyl groups excluding tert-OH is 2. The molecular weight excluding hydrogens is 1080 g/mol. The number of aliphatic hydroxyl groups is 4. The summed E-state index contributed by atoms with van der Waals surface area (Å²) in [5.74, 6) is 4.63. The standard InChI is InChI=1S/C32H40N2O5S.C21H28O6.C11H16N2OS/c1-30-16-20-18-33-34(22-7-4-6-19(14-22)26(35)8-5-13-40-3)25(20)15-21(30)9-10-23-24-11-12-32(39,29(37)38)31(24,2)17-27(36)28(23)30;1-19-8-11(10-22)15(23)7-12(19)3-4-13-14-5-6-21(27,18(25)26)20(14,2)9-16(24)17(13)19;1-15-7-3-6-11(14)9-4-2-5-10(8-9)13-12/h4,6-7,14-15,18,23-24,27-28,36,39H,5,8-13,16-17H2,1-3H3,(H,37,38);7,10-11,13-14,16-17,24,27H,3-6,8-9H2,1-2H3,(H,25,26);2,4-5,8,13H,3,6-7,12H2,1H3/t23-,24-,27-,28+,30-,31-,32-;11?,13-,14-,16-,17+,19-,20-,21-;/m00./s1. The highest BCUT2D eigenvalue weighted by molar-refractivity contribution is 7.98. The third-order valence-electron chi connectivity index (χ3n) is 21.9. The molecule has 15 atom stereocenters. The summed E-state index contributed by atoms with van der Waals surface area (Å²) in [6.07, 6.45) is 18.8. The number of rotatable bonds is 15. The Bertz CT molecular complexity index is 3030. The average Bonchev–Trinajstić information content (AvgIpc) is 1.86. The Hall–Kier alpha value is -4.95. The van der Waals surface area contributed by atoms with E-state index in [4.69, 9.17) is 10.9 Å². The largest absolute Gasteiger partial charge is 0.479 e. The van der Waals surface area contributed by atoms with Crippen molar-refractivity contribution in [2.45, 2.75) is 154 Å². The van der Waals surface area contributed by atoms with Crippen LogP contribution in [-0.4, -0.2) is 123 Å². The van der Waals surface area contributed by atoms with Crippen LogP contribution in [0.25, 0.3) is 11.8 Å². The zero-order chi connectivity index (χ0) is 59.3. The molecule has 0 aliphatic heterocycles. The van der Waals surface area contributed by atoms with Crippen LogP contribution in [0.15, 0.2) is 72.0 Å². The number of nitrogens with zero attached hydrogens (tertiary/aromatic N) is 2. The molecule has 1 aromatic heterocycles. The third kappa shape index (κ3) is 10.5. The highest BCUT2D eigenvalue weighted by Gasteiger charge is 2.71. The lowest BCUT2D eigenvalue weighted by Gasteiger charge is -2.60. The van der Waals surface area contributed by atoms with E-state index in [1.807, 2.05) is 80.4 Å². The van der Waals surface area contributed by atoms with E-state index in [1.54, 1.807) is 35.7 Å². The molecule has 11 rings (SSSR count). The van der Waals surface area contributed by atoms with Crippen molar-refractivity contribution < 1.29 is 59.4 Å². The normalized spacial score (nSPS) is 36.5. The van der Waals surface area contributed by atoms with Crippen LogP contribution in [0.3, 0.4) is 0 Å². The minimum Gasteiger partial charge on any atom is -0.479 e. The number of carbonyl (C=O) groups excluding carboxylic acids is 4. The van der Waals surface area contributed by atoms with Crippen LogP contribution in [-0.2, 0) is 25.6 Å². The maximum absolute atomic E-state index is 12.8. The fourth-order valence-electron chi connectivity index (χ4n) is 17.7. The van der Waals surface area contributed by atoms with Gasteiger partial charge in [0.25, 0.3) is 0 Å². The number of carbonyl (C=O) groups is 6. The van der Waals surface area contributed by atoms with Gasteiger partial charge in [0.05, 0.1) is 35.7 Å². The van der Waals surface area contributed by atoms with Gasteiger partial charge >= 0.3 is 11.9 Å². The van der Waals surface area contributed by atoms with Gasteiger partial charge in [-0.3, -0.25) is 20.2 Å². The Balaban J connectivity index is 0.000000166. The van der Waals surface area contributed by atoms with E-state index in [0.717, 1.165) is 90.2 Å². The lowest BCUT2D eigenvalue weighted by Crippen LogP contribution is -2.62. The zero-order valence-corrected chi connectivity index (χ0v) is 49.9. The van der Waals surface area contributed by atoms with Gasteiger partial charge in [-0.05, 0) is 202 Å².